The average Bonchev–Trinajstić information content (AvgIpc) is 2.07. The maximum Gasteiger partial charge on any atom is 0.254 e. The second-order valence-electron chi connectivity index (χ2n) is 3.24. The van der Waals surface area contributed by atoms with E-state index in [0.717, 1.165) is 6.42 Å². The number of aryl methyl sites for hydroxylation is 1. The molecule has 0 bridgehead atoms. The molecule has 13 heavy (non-hydrogen) atoms. The maximum absolute atomic E-state index is 11.4. The van der Waals surface area contributed by atoms with Crippen molar-refractivity contribution in [2.75, 3.05) is 0 Å². The molecule has 0 aromatic carbocycles. The van der Waals surface area contributed by atoms with E-state index in [4.69, 9.17) is 0 Å². The lowest BCUT2D eigenvalue weighted by atomic mass is 10.1. The van der Waals surface area contributed by atoms with Crippen LogP contribution in [-0.4, -0.2) is 15.3 Å². The Morgan fingerprint density at radius 2 is 2.23 bits per heavy atom. The van der Waals surface area contributed by atoms with Crippen LogP contribution in [0.1, 0.15) is 29.2 Å². The molecule has 0 radical (unpaired) electrons. The number of Topliss-reactive ketones (excluding diaryl/α,β-unsaturated/α-hetero) is 1. The molecule has 0 aliphatic carbocycles. The van der Waals surface area contributed by atoms with Crippen LogP contribution in [0.3, 0.4) is 0 Å². The van der Waals surface area contributed by atoms with Gasteiger partial charge in [0.25, 0.3) is 5.56 Å². The standard InChI is InChI=1S/C9H10N2O2/c1-6-5-8(13)11-4-2-3-7(12)9(11)10-6/h5H,2-4H2,1H3. The third-order valence-corrected chi connectivity index (χ3v) is 2.17. The summed E-state index contributed by atoms with van der Waals surface area (Å²) in [5.74, 6) is 0.309. The second kappa shape index (κ2) is 2.80. The van der Waals surface area contributed by atoms with Crippen LogP contribution in [0.15, 0.2) is 10.9 Å². The molecule has 1 aromatic rings. The first kappa shape index (κ1) is 8.16. The molecule has 2 heterocycles. The molecule has 1 aliphatic rings. The summed E-state index contributed by atoms with van der Waals surface area (Å²) in [6.07, 6.45) is 1.26. The molecule has 1 aromatic heterocycles. The summed E-state index contributed by atoms with van der Waals surface area (Å²) in [4.78, 5) is 26.8. The van der Waals surface area contributed by atoms with Gasteiger partial charge in [0.1, 0.15) is 0 Å². The average molecular weight is 178 g/mol. The van der Waals surface area contributed by atoms with Crippen LogP contribution in [0.25, 0.3) is 0 Å². The van der Waals surface area contributed by atoms with Crippen LogP contribution in [0.2, 0.25) is 0 Å². The van der Waals surface area contributed by atoms with Crippen LogP contribution >= 0.6 is 0 Å². The van der Waals surface area contributed by atoms with Crippen molar-refractivity contribution >= 4 is 5.78 Å². The number of nitrogens with zero attached hydrogens (tertiary/aromatic N) is 2. The van der Waals surface area contributed by atoms with Gasteiger partial charge in [-0.2, -0.15) is 0 Å². The van der Waals surface area contributed by atoms with Crippen molar-refractivity contribution in [1.29, 1.82) is 0 Å². The van der Waals surface area contributed by atoms with Crippen molar-refractivity contribution in [3.05, 3.63) is 27.9 Å². The number of fused-ring (bicyclic) bond motifs is 1. The Morgan fingerprint density at radius 1 is 1.46 bits per heavy atom. The molecule has 0 N–H and O–H groups in total. The second-order valence-corrected chi connectivity index (χ2v) is 3.24. The minimum absolute atomic E-state index is 0.0212. The van der Waals surface area contributed by atoms with Gasteiger partial charge in [-0.3, -0.25) is 14.2 Å². The third-order valence-electron chi connectivity index (χ3n) is 2.17. The highest BCUT2D eigenvalue weighted by molar-refractivity contribution is 5.93. The fourth-order valence-corrected chi connectivity index (χ4v) is 1.56. The van der Waals surface area contributed by atoms with E-state index in [2.05, 4.69) is 4.98 Å². The molecule has 4 heteroatoms. The lowest BCUT2D eigenvalue weighted by molar-refractivity contribution is 0.0945. The fourth-order valence-electron chi connectivity index (χ4n) is 1.56. The molecule has 68 valence electrons. The van der Waals surface area contributed by atoms with E-state index >= 15 is 0 Å². The van der Waals surface area contributed by atoms with Gasteiger partial charge in [-0.1, -0.05) is 0 Å². The Labute approximate surface area is 75.2 Å². The van der Waals surface area contributed by atoms with Gasteiger partial charge < -0.3 is 0 Å². The fraction of sp³-hybridized carbons (Fsp3) is 0.444. The van der Waals surface area contributed by atoms with Gasteiger partial charge in [0.05, 0.1) is 0 Å². The zero-order valence-corrected chi connectivity index (χ0v) is 7.41. The minimum atomic E-state index is -0.115. The number of carbonyl (C=O) groups excluding carboxylic acids is 1. The monoisotopic (exact) mass is 178 g/mol. The van der Waals surface area contributed by atoms with E-state index in [1.54, 1.807) is 6.92 Å². The zero-order valence-electron chi connectivity index (χ0n) is 7.41. The van der Waals surface area contributed by atoms with Crippen molar-refractivity contribution in [1.82, 2.24) is 9.55 Å². The van der Waals surface area contributed by atoms with Gasteiger partial charge in [0.2, 0.25) is 0 Å². The Balaban J connectivity index is 2.70. The van der Waals surface area contributed by atoms with Crippen LogP contribution in [0.5, 0.6) is 0 Å². The topological polar surface area (TPSA) is 52.0 Å². The van der Waals surface area contributed by atoms with Crippen molar-refractivity contribution in [2.24, 2.45) is 0 Å². The quantitative estimate of drug-likeness (QED) is 0.582. The number of ketones is 1. The molecular weight excluding hydrogens is 168 g/mol. The van der Waals surface area contributed by atoms with Gasteiger partial charge in [-0.05, 0) is 13.3 Å². The lowest BCUT2D eigenvalue weighted by Crippen LogP contribution is -2.31. The predicted molar refractivity (Wildman–Crippen MR) is 46.8 cm³/mol. The van der Waals surface area contributed by atoms with Gasteiger partial charge in [0.15, 0.2) is 11.6 Å². The minimum Gasteiger partial charge on any atom is -0.291 e. The highest BCUT2D eigenvalue weighted by Crippen LogP contribution is 2.09. The van der Waals surface area contributed by atoms with Gasteiger partial charge >= 0.3 is 0 Å². The highest BCUT2D eigenvalue weighted by Gasteiger charge is 2.19. The molecule has 0 atom stereocenters. The first-order valence-electron chi connectivity index (χ1n) is 4.30. The molecule has 0 saturated heterocycles. The molecule has 1 aliphatic heterocycles. The summed E-state index contributed by atoms with van der Waals surface area (Å²) < 4.78 is 1.46. The molecule has 4 nitrogen and oxygen atoms in total. The third kappa shape index (κ3) is 1.28. The summed E-state index contributed by atoms with van der Waals surface area (Å²) in [7, 11) is 0. The van der Waals surface area contributed by atoms with Crippen LogP contribution in [0, 0.1) is 6.92 Å². The summed E-state index contributed by atoms with van der Waals surface area (Å²) in [6, 6.07) is 1.46. The van der Waals surface area contributed by atoms with E-state index in [9.17, 15) is 9.59 Å². The molecule has 2 rings (SSSR count). The molecule has 0 amide bonds. The van der Waals surface area contributed by atoms with E-state index < -0.39 is 0 Å². The van der Waals surface area contributed by atoms with Crippen LogP contribution < -0.4 is 5.56 Å². The summed E-state index contributed by atoms with van der Waals surface area (Å²) >= 11 is 0. The SMILES string of the molecule is Cc1cc(=O)n2c(n1)C(=O)CCC2. The van der Waals surface area contributed by atoms with Crippen molar-refractivity contribution in [3.8, 4) is 0 Å². The number of hydrogen-bond acceptors (Lipinski definition) is 3. The maximum atomic E-state index is 11.4. The summed E-state index contributed by atoms with van der Waals surface area (Å²) in [6.45, 7) is 2.34. The molecule has 0 unspecified atom stereocenters. The highest BCUT2D eigenvalue weighted by atomic mass is 16.1. The van der Waals surface area contributed by atoms with Gasteiger partial charge in [-0.15, -0.1) is 0 Å². The van der Waals surface area contributed by atoms with Crippen LogP contribution in [0.4, 0.5) is 0 Å². The number of hydrogen-bond donors (Lipinski definition) is 0. The molecule has 0 spiro atoms. The van der Waals surface area contributed by atoms with Crippen molar-refractivity contribution in [2.45, 2.75) is 26.3 Å². The first-order chi connectivity index (χ1) is 6.18. The predicted octanol–water partition coefficient (Wildman–Crippen LogP) is 0.528. The number of rotatable bonds is 0. The Bertz CT molecular complexity index is 420. The van der Waals surface area contributed by atoms with E-state index in [1.807, 2.05) is 0 Å². The summed E-state index contributed by atoms with van der Waals surface area (Å²) in [5.41, 5.74) is 0.502. The normalized spacial score (nSPS) is 15.6. The van der Waals surface area contributed by atoms with Crippen molar-refractivity contribution < 1.29 is 4.79 Å². The van der Waals surface area contributed by atoms with Gasteiger partial charge in [0, 0.05) is 24.7 Å². The number of carbonyl (C=O) groups is 1. The van der Waals surface area contributed by atoms with E-state index in [1.165, 1.54) is 10.6 Å². The van der Waals surface area contributed by atoms with Crippen molar-refractivity contribution in [3.63, 3.8) is 0 Å². The first-order valence-corrected chi connectivity index (χ1v) is 4.30. The summed E-state index contributed by atoms with van der Waals surface area (Å²) in [5, 5.41) is 0. The largest absolute Gasteiger partial charge is 0.291 e. The van der Waals surface area contributed by atoms with Gasteiger partial charge in [-0.25, -0.2) is 4.98 Å². The van der Waals surface area contributed by atoms with E-state index in [-0.39, 0.29) is 11.3 Å². The molecular formula is C9H10N2O2. The Hall–Kier alpha value is -1.45. The number of aromatic nitrogens is 2. The Kier molecular flexibility index (Phi) is 1.76. The lowest BCUT2D eigenvalue weighted by Gasteiger charge is -2.15. The van der Waals surface area contributed by atoms with E-state index in [0.29, 0.717) is 24.5 Å². The Morgan fingerprint density at radius 3 is 3.00 bits per heavy atom. The molecule has 0 saturated carbocycles. The molecule has 0 fully saturated rings. The van der Waals surface area contributed by atoms with Crippen LogP contribution in [-0.2, 0) is 6.54 Å². The smallest absolute Gasteiger partial charge is 0.254 e. The zero-order chi connectivity index (χ0) is 9.42.